The lowest BCUT2D eigenvalue weighted by atomic mass is 10.0. The molecule has 2 rings (SSSR count). The number of benzene rings is 1. The van der Waals surface area contributed by atoms with E-state index in [0.717, 1.165) is 21.8 Å². The van der Waals surface area contributed by atoms with Gasteiger partial charge in [0.15, 0.2) is 5.78 Å². The summed E-state index contributed by atoms with van der Waals surface area (Å²) < 4.78 is 5.27. The Balaban J connectivity index is 2.23. The summed E-state index contributed by atoms with van der Waals surface area (Å²) in [5.41, 5.74) is 2.09. The Morgan fingerprint density at radius 3 is 2.82 bits per heavy atom. The first-order valence-corrected chi connectivity index (χ1v) is 6.29. The smallest absolute Gasteiger partial charge is 0.177 e. The van der Waals surface area contributed by atoms with Gasteiger partial charge in [-0.1, -0.05) is 23.8 Å². The average Bonchev–Trinajstić information content (AvgIpc) is 2.83. The largest absolute Gasteiger partial charge is 0.496 e. The fraction of sp³-hybridized carbons (Fsp3) is 0.214. The van der Waals surface area contributed by atoms with Gasteiger partial charge in [-0.3, -0.25) is 4.79 Å². The third-order valence-electron chi connectivity index (χ3n) is 2.58. The van der Waals surface area contributed by atoms with Crippen molar-refractivity contribution in [3.05, 3.63) is 51.7 Å². The van der Waals surface area contributed by atoms with Crippen LogP contribution in [0.25, 0.3) is 0 Å². The van der Waals surface area contributed by atoms with Gasteiger partial charge < -0.3 is 4.74 Å². The van der Waals surface area contributed by atoms with Gasteiger partial charge >= 0.3 is 0 Å². The summed E-state index contributed by atoms with van der Waals surface area (Å²) >= 11 is 1.48. The van der Waals surface area contributed by atoms with Gasteiger partial charge in [-0.15, -0.1) is 11.3 Å². The number of methoxy groups -OCH3 is 1. The number of Topliss-reactive ketones (excluding diaryl/α,β-unsaturated/α-hetero) is 1. The number of hydrogen-bond acceptors (Lipinski definition) is 3. The molecule has 0 bridgehead atoms. The van der Waals surface area contributed by atoms with Crippen LogP contribution in [-0.4, -0.2) is 12.9 Å². The molecule has 2 aromatic rings. The van der Waals surface area contributed by atoms with Crippen molar-refractivity contribution < 1.29 is 9.53 Å². The van der Waals surface area contributed by atoms with Gasteiger partial charge in [-0.25, -0.2) is 0 Å². The third kappa shape index (κ3) is 2.74. The molecule has 1 aromatic carbocycles. The Bertz CT molecular complexity index is 515. The monoisotopic (exact) mass is 246 g/mol. The van der Waals surface area contributed by atoms with Gasteiger partial charge in [0, 0.05) is 12.0 Å². The molecule has 2 nitrogen and oxygen atoms in total. The fourth-order valence-corrected chi connectivity index (χ4v) is 2.41. The summed E-state index contributed by atoms with van der Waals surface area (Å²) in [6, 6.07) is 9.65. The van der Waals surface area contributed by atoms with E-state index in [1.807, 2.05) is 42.6 Å². The predicted octanol–water partition coefficient (Wildman–Crippen LogP) is 3.49. The minimum absolute atomic E-state index is 0.143. The number of ketones is 1. The molecule has 3 heteroatoms. The van der Waals surface area contributed by atoms with Gasteiger partial charge in [-0.05, 0) is 24.4 Å². The van der Waals surface area contributed by atoms with Crippen molar-refractivity contribution in [1.82, 2.24) is 0 Å². The van der Waals surface area contributed by atoms with Crippen LogP contribution in [0.3, 0.4) is 0 Å². The minimum Gasteiger partial charge on any atom is -0.496 e. The molecule has 0 N–H and O–H groups in total. The number of carbonyl (C=O) groups is 1. The Morgan fingerprint density at radius 1 is 1.35 bits per heavy atom. The molecule has 0 spiro atoms. The second-order valence-corrected chi connectivity index (χ2v) is 4.84. The number of carbonyl (C=O) groups excluding carboxylic acids is 1. The lowest BCUT2D eigenvalue weighted by Crippen LogP contribution is -2.03. The maximum absolute atomic E-state index is 12.0. The zero-order valence-electron chi connectivity index (χ0n) is 9.90. The highest BCUT2D eigenvalue weighted by Crippen LogP contribution is 2.22. The van der Waals surface area contributed by atoms with Crippen molar-refractivity contribution in [2.45, 2.75) is 13.3 Å². The normalized spacial score (nSPS) is 10.2. The lowest BCUT2D eigenvalue weighted by molar-refractivity contribution is 0.0996. The highest BCUT2D eigenvalue weighted by atomic mass is 32.1. The highest BCUT2D eigenvalue weighted by Gasteiger charge is 2.11. The highest BCUT2D eigenvalue weighted by molar-refractivity contribution is 7.12. The summed E-state index contributed by atoms with van der Waals surface area (Å²) in [6.45, 7) is 2.01. The maximum atomic E-state index is 12.0. The molecular weight excluding hydrogens is 232 g/mol. The summed E-state index contributed by atoms with van der Waals surface area (Å²) in [6.07, 6.45) is 0.394. The van der Waals surface area contributed by atoms with Crippen molar-refractivity contribution in [3.8, 4) is 5.75 Å². The topological polar surface area (TPSA) is 26.3 Å². The molecule has 17 heavy (non-hydrogen) atoms. The summed E-state index contributed by atoms with van der Waals surface area (Å²) in [7, 11) is 1.63. The van der Waals surface area contributed by atoms with Crippen molar-refractivity contribution >= 4 is 17.1 Å². The van der Waals surface area contributed by atoms with Gasteiger partial charge in [-0.2, -0.15) is 0 Å². The molecular formula is C14H14O2S. The van der Waals surface area contributed by atoms with E-state index >= 15 is 0 Å². The molecule has 1 heterocycles. The Morgan fingerprint density at radius 2 is 2.18 bits per heavy atom. The van der Waals surface area contributed by atoms with Crippen molar-refractivity contribution in [1.29, 1.82) is 0 Å². The standard InChI is InChI=1S/C14H14O2S/c1-10-5-6-13(16-2)11(8-10)9-12(15)14-4-3-7-17-14/h3-8H,9H2,1-2H3. The van der Waals surface area contributed by atoms with Crippen LogP contribution in [0.1, 0.15) is 20.8 Å². The van der Waals surface area contributed by atoms with Crippen LogP contribution in [0, 0.1) is 6.92 Å². The first kappa shape index (κ1) is 11.9. The van der Waals surface area contributed by atoms with Gasteiger partial charge in [0.1, 0.15) is 5.75 Å². The minimum atomic E-state index is 0.143. The zero-order chi connectivity index (χ0) is 12.3. The molecule has 0 atom stereocenters. The van der Waals surface area contributed by atoms with Crippen LogP contribution in [0.5, 0.6) is 5.75 Å². The Kier molecular flexibility index (Phi) is 3.59. The zero-order valence-corrected chi connectivity index (χ0v) is 10.7. The van der Waals surface area contributed by atoms with Gasteiger partial charge in [0.25, 0.3) is 0 Å². The first-order valence-electron chi connectivity index (χ1n) is 5.41. The summed E-state index contributed by atoms with van der Waals surface area (Å²) in [5.74, 6) is 0.921. The van der Waals surface area contributed by atoms with Crippen LogP contribution >= 0.6 is 11.3 Å². The number of thiophene rings is 1. The van der Waals surface area contributed by atoms with Crippen molar-refractivity contribution in [3.63, 3.8) is 0 Å². The van der Waals surface area contributed by atoms with E-state index in [1.165, 1.54) is 11.3 Å². The van der Waals surface area contributed by atoms with Crippen LogP contribution in [0.2, 0.25) is 0 Å². The third-order valence-corrected chi connectivity index (χ3v) is 3.49. The number of ether oxygens (including phenoxy) is 1. The van der Waals surface area contributed by atoms with E-state index < -0.39 is 0 Å². The Labute approximate surface area is 105 Å². The van der Waals surface area contributed by atoms with E-state index in [9.17, 15) is 4.79 Å². The summed E-state index contributed by atoms with van der Waals surface area (Å²) in [4.78, 5) is 12.8. The molecule has 0 radical (unpaired) electrons. The predicted molar refractivity (Wildman–Crippen MR) is 70.1 cm³/mol. The molecule has 88 valence electrons. The molecule has 0 saturated carbocycles. The van der Waals surface area contributed by atoms with Gasteiger partial charge in [0.2, 0.25) is 0 Å². The van der Waals surface area contributed by atoms with Crippen molar-refractivity contribution in [2.75, 3.05) is 7.11 Å². The SMILES string of the molecule is COc1ccc(C)cc1CC(=O)c1cccs1. The van der Waals surface area contributed by atoms with E-state index in [1.54, 1.807) is 7.11 Å². The molecule has 0 aliphatic carbocycles. The van der Waals surface area contributed by atoms with E-state index in [0.29, 0.717) is 6.42 Å². The van der Waals surface area contributed by atoms with Crippen LogP contribution in [0.15, 0.2) is 35.7 Å². The second-order valence-electron chi connectivity index (χ2n) is 3.89. The molecule has 0 fully saturated rings. The van der Waals surface area contributed by atoms with Crippen LogP contribution in [-0.2, 0) is 6.42 Å². The molecule has 0 aliphatic rings. The molecule has 1 aromatic heterocycles. The molecule has 0 aliphatic heterocycles. The van der Waals surface area contributed by atoms with Crippen molar-refractivity contribution in [2.24, 2.45) is 0 Å². The number of aryl methyl sites for hydroxylation is 1. The molecule has 0 saturated heterocycles. The molecule has 0 unspecified atom stereocenters. The average molecular weight is 246 g/mol. The molecule has 0 amide bonds. The first-order chi connectivity index (χ1) is 8.20. The fourth-order valence-electron chi connectivity index (χ4n) is 1.74. The van der Waals surface area contributed by atoms with E-state index in [-0.39, 0.29) is 5.78 Å². The van der Waals surface area contributed by atoms with Crippen LogP contribution < -0.4 is 4.74 Å². The van der Waals surface area contributed by atoms with Gasteiger partial charge in [0.05, 0.1) is 12.0 Å². The maximum Gasteiger partial charge on any atom is 0.177 e. The number of hydrogen-bond donors (Lipinski definition) is 0. The Hall–Kier alpha value is -1.61. The lowest BCUT2D eigenvalue weighted by Gasteiger charge is -2.08. The quantitative estimate of drug-likeness (QED) is 0.772. The number of rotatable bonds is 4. The summed E-state index contributed by atoms with van der Waals surface area (Å²) in [5, 5.41) is 1.92. The van der Waals surface area contributed by atoms with E-state index in [4.69, 9.17) is 4.74 Å². The second kappa shape index (κ2) is 5.15. The van der Waals surface area contributed by atoms with E-state index in [2.05, 4.69) is 0 Å². The van der Waals surface area contributed by atoms with Crippen LogP contribution in [0.4, 0.5) is 0 Å².